The predicted octanol–water partition coefficient (Wildman–Crippen LogP) is 4.68. The second-order valence-corrected chi connectivity index (χ2v) is 8.47. The van der Waals surface area contributed by atoms with E-state index in [-0.39, 0.29) is 23.9 Å². The Balaban J connectivity index is 0.00000180. The molecule has 0 aromatic rings. The van der Waals surface area contributed by atoms with Crippen LogP contribution in [0.3, 0.4) is 0 Å². The molecule has 2 atom stereocenters. The first-order valence-corrected chi connectivity index (χ1v) is 10.3. The summed E-state index contributed by atoms with van der Waals surface area (Å²) in [7, 11) is 0. The van der Waals surface area contributed by atoms with Crippen LogP contribution in [0, 0.1) is 5.41 Å². The highest BCUT2D eigenvalue weighted by molar-refractivity contribution is 5.85. The maximum absolute atomic E-state index is 11.9. The third-order valence-electron chi connectivity index (χ3n) is 6.81. The summed E-state index contributed by atoms with van der Waals surface area (Å²) in [6, 6.07) is -0.0985. The van der Waals surface area contributed by atoms with Gasteiger partial charge in [0.05, 0.1) is 17.7 Å². The van der Waals surface area contributed by atoms with Crippen molar-refractivity contribution in [1.82, 2.24) is 15.5 Å². The molecule has 0 radical (unpaired) electrons. The van der Waals surface area contributed by atoms with E-state index in [1.165, 1.54) is 49.3 Å². The van der Waals surface area contributed by atoms with Crippen molar-refractivity contribution in [1.29, 1.82) is 0 Å². The molecule has 2 spiro atoms. The molecule has 1 aliphatic carbocycles. The van der Waals surface area contributed by atoms with Gasteiger partial charge in [0.2, 0.25) is 5.72 Å². The standard InChI is InChI=1S/C21H29N3O2.ClH/c1-2-3-9-16-15-8-4-6-11-20(15)13-21(14-22-19(25)23-21)26-18(20)17-10-5-7-12-24(16)17;/h7,12H,2-6,8-11,13-14H2,1H3,(H2,22,23,25);1H. The summed E-state index contributed by atoms with van der Waals surface area (Å²) in [4.78, 5) is 14.3. The Bertz CT molecular complexity index is 744. The third kappa shape index (κ3) is 2.69. The number of unbranched alkanes of at least 4 members (excludes halogenated alkanes) is 1. The molecule has 4 heterocycles. The lowest BCUT2D eigenvalue weighted by Gasteiger charge is -2.46. The molecule has 0 bridgehead atoms. The van der Waals surface area contributed by atoms with Crippen molar-refractivity contribution < 1.29 is 9.53 Å². The van der Waals surface area contributed by atoms with E-state index in [4.69, 9.17) is 4.74 Å². The number of ether oxygens (including phenoxy) is 1. The lowest BCUT2D eigenvalue weighted by atomic mass is 9.63. The Hall–Kier alpha value is -1.62. The van der Waals surface area contributed by atoms with Crippen LogP contribution in [-0.4, -0.2) is 23.2 Å². The van der Waals surface area contributed by atoms with Crippen LogP contribution in [0.25, 0.3) is 0 Å². The number of fused-ring (bicyclic) bond motifs is 1. The van der Waals surface area contributed by atoms with E-state index < -0.39 is 5.72 Å². The van der Waals surface area contributed by atoms with E-state index in [1.54, 1.807) is 5.57 Å². The highest BCUT2D eigenvalue weighted by atomic mass is 35.5. The molecule has 1 saturated carbocycles. The molecule has 27 heavy (non-hydrogen) atoms. The summed E-state index contributed by atoms with van der Waals surface area (Å²) in [5, 5.41) is 6.03. The van der Waals surface area contributed by atoms with Crippen molar-refractivity contribution in [2.75, 3.05) is 6.54 Å². The minimum absolute atomic E-state index is 0. The summed E-state index contributed by atoms with van der Waals surface area (Å²) in [6.07, 6.45) is 16.0. The van der Waals surface area contributed by atoms with E-state index in [9.17, 15) is 4.79 Å². The minimum Gasteiger partial charge on any atom is -0.468 e. The number of amides is 2. The van der Waals surface area contributed by atoms with Gasteiger partial charge in [0.25, 0.3) is 0 Å². The number of rotatable bonds is 3. The highest BCUT2D eigenvalue weighted by Crippen LogP contribution is 2.62. The molecule has 5 nitrogen and oxygen atoms in total. The molecule has 4 aliphatic heterocycles. The van der Waals surface area contributed by atoms with Crippen molar-refractivity contribution in [3.05, 3.63) is 35.0 Å². The average molecular weight is 392 g/mol. The van der Waals surface area contributed by atoms with Gasteiger partial charge >= 0.3 is 6.03 Å². The fourth-order valence-electron chi connectivity index (χ4n) is 5.75. The topological polar surface area (TPSA) is 53.6 Å². The van der Waals surface area contributed by atoms with Crippen LogP contribution in [0.15, 0.2) is 35.0 Å². The van der Waals surface area contributed by atoms with E-state index in [0.29, 0.717) is 6.54 Å². The van der Waals surface area contributed by atoms with Gasteiger partial charge in [0, 0.05) is 18.3 Å². The zero-order chi connectivity index (χ0) is 17.8. The van der Waals surface area contributed by atoms with Gasteiger partial charge in [-0.2, -0.15) is 0 Å². The Morgan fingerprint density at radius 1 is 1.30 bits per heavy atom. The monoisotopic (exact) mass is 391 g/mol. The Morgan fingerprint density at radius 2 is 2.19 bits per heavy atom. The zero-order valence-corrected chi connectivity index (χ0v) is 16.9. The molecule has 3 fully saturated rings. The SMILES string of the molecule is CCCCC1=C2CCCCC23CC2(CNC(=O)N2)OC3=C2CCC=CN12.Cl. The van der Waals surface area contributed by atoms with Crippen LogP contribution < -0.4 is 10.6 Å². The zero-order valence-electron chi connectivity index (χ0n) is 16.1. The van der Waals surface area contributed by atoms with Gasteiger partial charge in [-0.05, 0) is 50.5 Å². The number of nitrogens with one attached hydrogen (secondary N) is 2. The summed E-state index contributed by atoms with van der Waals surface area (Å²) in [5.74, 6) is 1.17. The molecule has 2 saturated heterocycles. The van der Waals surface area contributed by atoms with Crippen LogP contribution in [0.5, 0.6) is 0 Å². The molecule has 5 aliphatic rings. The molecule has 2 N–H and O–H groups in total. The van der Waals surface area contributed by atoms with Gasteiger partial charge < -0.3 is 15.0 Å². The molecule has 6 heteroatoms. The number of carbonyl (C=O) groups excluding carboxylic acids is 1. The number of hydrogen-bond acceptors (Lipinski definition) is 3. The molecule has 0 aromatic carbocycles. The lowest BCUT2D eigenvalue weighted by Crippen LogP contribution is -2.44. The second-order valence-electron chi connectivity index (χ2n) is 8.47. The molecule has 2 amide bonds. The third-order valence-corrected chi connectivity index (χ3v) is 6.81. The predicted molar refractivity (Wildman–Crippen MR) is 107 cm³/mol. The largest absolute Gasteiger partial charge is 0.468 e. The van der Waals surface area contributed by atoms with Crippen molar-refractivity contribution in [3.8, 4) is 0 Å². The summed E-state index contributed by atoms with van der Waals surface area (Å²) in [6.45, 7) is 2.84. The Kier molecular flexibility index (Phi) is 4.69. The molecular weight excluding hydrogens is 362 g/mol. The van der Waals surface area contributed by atoms with E-state index >= 15 is 0 Å². The van der Waals surface area contributed by atoms with Gasteiger partial charge in [-0.25, -0.2) is 4.79 Å². The normalized spacial score (nSPS) is 33.8. The first kappa shape index (κ1) is 18.7. The molecular formula is C21H30ClN3O2. The Morgan fingerprint density at radius 3 is 2.96 bits per heavy atom. The fourth-order valence-corrected chi connectivity index (χ4v) is 5.75. The maximum atomic E-state index is 11.9. The number of urea groups is 1. The number of allylic oxidation sites excluding steroid dienone is 4. The Labute approximate surface area is 167 Å². The number of hydrogen-bond donors (Lipinski definition) is 2. The molecule has 2 unspecified atom stereocenters. The highest BCUT2D eigenvalue weighted by Gasteiger charge is 2.61. The van der Waals surface area contributed by atoms with Gasteiger partial charge in [0.1, 0.15) is 5.76 Å². The van der Waals surface area contributed by atoms with Crippen LogP contribution in [0.4, 0.5) is 4.79 Å². The number of halogens is 1. The quantitative estimate of drug-likeness (QED) is 0.734. The summed E-state index contributed by atoms with van der Waals surface area (Å²) >= 11 is 0. The number of nitrogens with zero attached hydrogens (tertiary/aromatic N) is 1. The van der Waals surface area contributed by atoms with Crippen LogP contribution in [0.1, 0.15) is 71.1 Å². The van der Waals surface area contributed by atoms with E-state index in [0.717, 1.165) is 32.1 Å². The molecule has 148 valence electrons. The smallest absolute Gasteiger partial charge is 0.318 e. The summed E-state index contributed by atoms with van der Waals surface area (Å²) < 4.78 is 6.64. The van der Waals surface area contributed by atoms with Crippen molar-refractivity contribution in [2.24, 2.45) is 5.41 Å². The lowest BCUT2D eigenvalue weighted by molar-refractivity contribution is 0.0368. The molecule has 0 aromatic heterocycles. The van der Waals surface area contributed by atoms with Crippen LogP contribution >= 0.6 is 12.4 Å². The van der Waals surface area contributed by atoms with Crippen molar-refractivity contribution >= 4 is 18.4 Å². The van der Waals surface area contributed by atoms with E-state index in [1.807, 2.05) is 0 Å². The summed E-state index contributed by atoms with van der Waals surface area (Å²) in [5.41, 5.74) is 3.93. The maximum Gasteiger partial charge on any atom is 0.318 e. The van der Waals surface area contributed by atoms with Gasteiger partial charge in [-0.1, -0.05) is 25.8 Å². The van der Waals surface area contributed by atoms with E-state index in [2.05, 4.69) is 34.7 Å². The minimum atomic E-state index is -0.560. The van der Waals surface area contributed by atoms with Crippen molar-refractivity contribution in [2.45, 2.75) is 76.9 Å². The van der Waals surface area contributed by atoms with Crippen LogP contribution in [0.2, 0.25) is 0 Å². The van der Waals surface area contributed by atoms with Gasteiger partial charge in [-0.3, -0.25) is 5.32 Å². The second kappa shape index (κ2) is 6.77. The number of carbonyl (C=O) groups is 1. The van der Waals surface area contributed by atoms with Gasteiger partial charge in [0.15, 0.2) is 0 Å². The van der Waals surface area contributed by atoms with Gasteiger partial charge in [-0.15, -0.1) is 12.4 Å². The van der Waals surface area contributed by atoms with Crippen molar-refractivity contribution in [3.63, 3.8) is 0 Å². The average Bonchev–Trinajstić information content (AvgIpc) is 3.17. The fraction of sp³-hybridized carbons (Fsp3) is 0.667. The first-order chi connectivity index (χ1) is 12.7. The van der Waals surface area contributed by atoms with Crippen LogP contribution in [-0.2, 0) is 4.74 Å². The first-order valence-electron chi connectivity index (χ1n) is 10.3. The molecule has 5 rings (SSSR count).